The molecule has 0 aromatic rings. The predicted octanol–water partition coefficient (Wildman–Crippen LogP) is 1.70. The van der Waals surface area contributed by atoms with Gasteiger partial charge in [0, 0.05) is 45.4 Å². The number of fused-ring (bicyclic) bond motifs is 2. The quantitative estimate of drug-likeness (QED) is 0.665. The zero-order valence-corrected chi connectivity index (χ0v) is 13.3. The molecule has 7 heteroatoms. The molecular formula is C10H21NO3S2Si. The third kappa shape index (κ3) is 3.02. The Kier molecular flexibility index (Phi) is 5.23. The molecule has 17 heavy (non-hydrogen) atoms. The molecule has 100 valence electrons. The molecule has 0 aliphatic carbocycles. The van der Waals surface area contributed by atoms with Gasteiger partial charge in [0.1, 0.15) is 0 Å². The average Bonchev–Trinajstić information content (AvgIpc) is 2.95. The van der Waals surface area contributed by atoms with Crippen molar-refractivity contribution in [2.45, 2.75) is 23.2 Å². The molecular weight excluding hydrogens is 274 g/mol. The van der Waals surface area contributed by atoms with E-state index in [4.69, 9.17) is 13.3 Å². The Morgan fingerprint density at radius 1 is 1.06 bits per heavy atom. The second-order valence-corrected chi connectivity index (χ2v) is 9.73. The van der Waals surface area contributed by atoms with Crippen LogP contribution in [0.2, 0.25) is 6.04 Å². The summed E-state index contributed by atoms with van der Waals surface area (Å²) in [5, 5.41) is 1.49. The molecule has 2 aliphatic heterocycles. The monoisotopic (exact) mass is 295 g/mol. The highest BCUT2D eigenvalue weighted by Crippen LogP contribution is 2.43. The number of hydrogen-bond acceptors (Lipinski definition) is 6. The number of hydrogen-bond donors (Lipinski definition) is 0. The number of nitrogens with zero attached hydrogens (tertiary/aromatic N) is 1. The zero-order chi connectivity index (χ0) is 12.3. The highest BCUT2D eigenvalue weighted by Gasteiger charge is 2.42. The van der Waals surface area contributed by atoms with Crippen LogP contribution >= 0.6 is 23.5 Å². The topological polar surface area (TPSA) is 30.9 Å². The Morgan fingerprint density at radius 2 is 1.59 bits per heavy atom. The smallest absolute Gasteiger partial charge is 0.377 e. The summed E-state index contributed by atoms with van der Waals surface area (Å²) < 4.78 is 16.3. The number of rotatable bonds is 7. The first kappa shape index (κ1) is 14.2. The van der Waals surface area contributed by atoms with Gasteiger partial charge in [0.05, 0.1) is 10.7 Å². The summed E-state index contributed by atoms with van der Waals surface area (Å²) in [6.07, 6.45) is 1.09. The normalized spacial score (nSPS) is 29.1. The maximum Gasteiger partial charge on any atom is 0.500 e. The first-order chi connectivity index (χ1) is 8.24. The molecule has 2 unspecified atom stereocenters. The van der Waals surface area contributed by atoms with Crippen LogP contribution in [0.4, 0.5) is 0 Å². The van der Waals surface area contributed by atoms with E-state index in [1.54, 1.807) is 21.3 Å². The Labute approximate surface area is 113 Å². The molecule has 0 aromatic heterocycles. The van der Waals surface area contributed by atoms with Gasteiger partial charge in [-0.25, -0.2) is 0 Å². The summed E-state index contributed by atoms with van der Waals surface area (Å²) in [7, 11) is 2.70. The molecule has 2 bridgehead atoms. The molecule has 4 nitrogen and oxygen atoms in total. The fourth-order valence-corrected chi connectivity index (χ4v) is 7.44. The average molecular weight is 296 g/mol. The van der Waals surface area contributed by atoms with Gasteiger partial charge in [-0.1, -0.05) is 0 Å². The van der Waals surface area contributed by atoms with E-state index in [1.807, 2.05) is 0 Å². The molecule has 0 spiro atoms. The van der Waals surface area contributed by atoms with Crippen LogP contribution in [0, 0.1) is 0 Å². The molecule has 2 fully saturated rings. The van der Waals surface area contributed by atoms with Gasteiger partial charge in [-0.2, -0.15) is 0 Å². The maximum absolute atomic E-state index is 5.44. The van der Waals surface area contributed by atoms with Gasteiger partial charge in [-0.15, -0.1) is 23.5 Å². The second-order valence-electron chi connectivity index (χ2n) is 4.21. The zero-order valence-electron chi connectivity index (χ0n) is 10.7. The maximum atomic E-state index is 5.44. The van der Waals surface area contributed by atoms with Crippen molar-refractivity contribution in [3.63, 3.8) is 0 Å². The summed E-state index contributed by atoms with van der Waals surface area (Å²) in [4.78, 5) is 2.62. The van der Waals surface area contributed by atoms with Crippen molar-refractivity contribution in [3.8, 4) is 0 Å². The Hall–Kier alpha value is 0.757. The molecule has 2 atom stereocenters. The molecule has 0 radical (unpaired) electrons. The van der Waals surface area contributed by atoms with Crippen molar-refractivity contribution in [2.24, 2.45) is 0 Å². The van der Waals surface area contributed by atoms with Gasteiger partial charge >= 0.3 is 8.80 Å². The fourth-order valence-electron chi connectivity index (χ4n) is 2.37. The molecule has 2 heterocycles. The van der Waals surface area contributed by atoms with Crippen molar-refractivity contribution >= 4 is 32.3 Å². The minimum absolute atomic E-state index is 0.744. The summed E-state index contributed by atoms with van der Waals surface area (Å²) in [6.45, 7) is 1.14. The molecule has 0 amide bonds. The van der Waals surface area contributed by atoms with Crippen LogP contribution in [-0.4, -0.2) is 63.8 Å². The first-order valence-corrected chi connectivity index (χ1v) is 9.92. The summed E-state index contributed by atoms with van der Waals surface area (Å²) in [6, 6.07) is 0.905. The van der Waals surface area contributed by atoms with E-state index in [2.05, 4.69) is 28.4 Å². The first-order valence-electron chi connectivity index (χ1n) is 5.89. The molecule has 2 saturated heterocycles. The van der Waals surface area contributed by atoms with Crippen molar-refractivity contribution in [3.05, 3.63) is 0 Å². The molecule has 0 N–H and O–H groups in total. The Balaban J connectivity index is 1.75. The van der Waals surface area contributed by atoms with Crippen LogP contribution in [0.1, 0.15) is 6.42 Å². The largest absolute Gasteiger partial charge is 0.500 e. The van der Waals surface area contributed by atoms with E-state index in [0.29, 0.717) is 0 Å². The van der Waals surface area contributed by atoms with E-state index in [-0.39, 0.29) is 0 Å². The highest BCUT2D eigenvalue weighted by atomic mass is 32.2. The van der Waals surface area contributed by atoms with Gasteiger partial charge in [-0.05, 0) is 6.42 Å². The van der Waals surface area contributed by atoms with Crippen LogP contribution in [0.25, 0.3) is 0 Å². The van der Waals surface area contributed by atoms with Crippen molar-refractivity contribution in [1.82, 2.24) is 4.90 Å². The Bertz CT molecular complexity index is 227. The second kappa shape index (κ2) is 6.27. The minimum atomic E-state index is -2.35. The minimum Gasteiger partial charge on any atom is -0.377 e. The third-order valence-corrected chi connectivity index (χ3v) is 9.35. The standard InChI is InChI=1S/C10H21NO3S2Si/c1-12-17(13-2,14-3)6-4-5-11-9-7-15-10(11)8-16-9/h9-10H,4-8H2,1-3H3. The number of thioether (sulfide) groups is 2. The van der Waals surface area contributed by atoms with Gasteiger partial charge in [0.25, 0.3) is 0 Å². The lowest BCUT2D eigenvalue weighted by molar-refractivity contribution is 0.121. The van der Waals surface area contributed by atoms with Crippen LogP contribution in [0.5, 0.6) is 0 Å². The highest BCUT2D eigenvalue weighted by molar-refractivity contribution is 8.07. The van der Waals surface area contributed by atoms with E-state index in [0.717, 1.165) is 29.8 Å². The van der Waals surface area contributed by atoms with Crippen LogP contribution in [-0.2, 0) is 13.3 Å². The van der Waals surface area contributed by atoms with Crippen molar-refractivity contribution in [1.29, 1.82) is 0 Å². The van der Waals surface area contributed by atoms with Crippen LogP contribution < -0.4 is 0 Å². The predicted molar refractivity (Wildman–Crippen MR) is 75.4 cm³/mol. The lowest BCUT2D eigenvalue weighted by Gasteiger charge is -2.26. The summed E-state index contributed by atoms with van der Waals surface area (Å²) >= 11 is 4.20. The van der Waals surface area contributed by atoms with Gasteiger partial charge in [-0.3, -0.25) is 4.90 Å². The molecule has 0 saturated carbocycles. The SMILES string of the molecule is CO[Si](CCCN1C2CSC1CS2)(OC)OC. The van der Waals surface area contributed by atoms with Gasteiger partial charge in [0.15, 0.2) is 0 Å². The van der Waals surface area contributed by atoms with Gasteiger partial charge in [0.2, 0.25) is 0 Å². The summed E-state index contributed by atoms with van der Waals surface area (Å²) in [5.41, 5.74) is 0. The fraction of sp³-hybridized carbons (Fsp3) is 1.00. The van der Waals surface area contributed by atoms with Gasteiger partial charge < -0.3 is 13.3 Å². The lowest BCUT2D eigenvalue weighted by Crippen LogP contribution is -2.43. The lowest BCUT2D eigenvalue weighted by atomic mass is 10.4. The summed E-state index contributed by atoms with van der Waals surface area (Å²) in [5.74, 6) is 2.58. The van der Waals surface area contributed by atoms with Crippen LogP contribution in [0.3, 0.4) is 0 Å². The van der Waals surface area contributed by atoms with E-state index >= 15 is 0 Å². The van der Waals surface area contributed by atoms with E-state index in [1.165, 1.54) is 11.5 Å². The van der Waals surface area contributed by atoms with Crippen molar-refractivity contribution < 1.29 is 13.3 Å². The third-order valence-electron chi connectivity index (χ3n) is 3.43. The Morgan fingerprint density at radius 3 is 2.00 bits per heavy atom. The molecule has 0 aromatic carbocycles. The molecule has 2 rings (SSSR count). The van der Waals surface area contributed by atoms with Crippen molar-refractivity contribution in [2.75, 3.05) is 39.4 Å². The van der Waals surface area contributed by atoms with E-state index < -0.39 is 8.80 Å². The van der Waals surface area contributed by atoms with E-state index in [9.17, 15) is 0 Å². The molecule has 2 aliphatic rings. The van der Waals surface area contributed by atoms with Crippen LogP contribution in [0.15, 0.2) is 0 Å².